The largest absolute Gasteiger partial charge is 0.321 e. The number of hydrogen-bond donors (Lipinski definition) is 3. The minimum atomic E-state index is -0.450. The second-order valence-corrected chi connectivity index (χ2v) is 10.3. The Hall–Kier alpha value is -4.21. The normalized spacial score (nSPS) is 11.1. The highest BCUT2D eigenvalue weighted by molar-refractivity contribution is 8.00. The van der Waals surface area contributed by atoms with Crippen molar-refractivity contribution in [3.63, 3.8) is 0 Å². The monoisotopic (exact) mass is 542 g/mol. The summed E-state index contributed by atoms with van der Waals surface area (Å²) in [7, 11) is 0. The van der Waals surface area contributed by atoms with Gasteiger partial charge < -0.3 is 16.0 Å². The van der Waals surface area contributed by atoms with Crippen LogP contribution in [0.25, 0.3) is 6.08 Å². The average Bonchev–Trinajstić information content (AvgIpc) is 3.32. The van der Waals surface area contributed by atoms with Crippen LogP contribution in [-0.2, 0) is 9.59 Å². The van der Waals surface area contributed by atoms with Gasteiger partial charge in [-0.2, -0.15) is 0 Å². The Bertz CT molecular complexity index is 1460. The van der Waals surface area contributed by atoms with E-state index in [-0.39, 0.29) is 23.3 Å². The van der Waals surface area contributed by atoms with Gasteiger partial charge in [0.2, 0.25) is 5.91 Å². The van der Waals surface area contributed by atoms with E-state index < -0.39 is 5.91 Å². The Morgan fingerprint density at radius 1 is 0.921 bits per heavy atom. The molecule has 0 aliphatic carbocycles. The Kier molecular flexibility index (Phi) is 9.07. The van der Waals surface area contributed by atoms with Crippen molar-refractivity contribution < 1.29 is 14.4 Å². The average molecular weight is 543 g/mol. The van der Waals surface area contributed by atoms with Gasteiger partial charge in [0, 0.05) is 21.5 Å². The molecule has 7 nitrogen and oxygen atoms in total. The van der Waals surface area contributed by atoms with E-state index in [1.54, 1.807) is 42.5 Å². The second-order valence-electron chi connectivity index (χ2n) is 8.40. The number of thioether (sulfide) groups is 1. The lowest BCUT2D eigenvalue weighted by Crippen LogP contribution is -2.30. The first-order valence-electron chi connectivity index (χ1n) is 11.8. The third-order valence-corrected chi connectivity index (χ3v) is 7.12. The van der Waals surface area contributed by atoms with Crippen LogP contribution in [0, 0.1) is 13.8 Å². The number of nitrogens with zero attached hydrogens (tertiary/aromatic N) is 1. The van der Waals surface area contributed by atoms with Gasteiger partial charge in [-0.1, -0.05) is 48.0 Å². The van der Waals surface area contributed by atoms with Crippen molar-refractivity contribution in [2.45, 2.75) is 18.7 Å². The molecule has 3 aromatic carbocycles. The summed E-state index contributed by atoms with van der Waals surface area (Å²) < 4.78 is 0. The van der Waals surface area contributed by atoms with Crippen LogP contribution in [0.1, 0.15) is 27.2 Å². The molecule has 4 rings (SSSR count). The highest BCUT2D eigenvalue weighted by Crippen LogP contribution is 2.22. The molecule has 0 saturated heterocycles. The summed E-state index contributed by atoms with van der Waals surface area (Å²) in [6.07, 6.45) is 1.65. The molecule has 3 amide bonds. The van der Waals surface area contributed by atoms with Gasteiger partial charge in [-0.25, -0.2) is 4.98 Å². The van der Waals surface area contributed by atoms with Crippen LogP contribution < -0.4 is 16.0 Å². The fraction of sp³-hybridized carbons (Fsp3) is 0.103. The Morgan fingerprint density at radius 2 is 1.68 bits per heavy atom. The van der Waals surface area contributed by atoms with Crippen molar-refractivity contribution in [1.29, 1.82) is 0 Å². The van der Waals surface area contributed by atoms with Gasteiger partial charge >= 0.3 is 0 Å². The summed E-state index contributed by atoms with van der Waals surface area (Å²) in [4.78, 5) is 43.3. The van der Waals surface area contributed by atoms with E-state index in [1.165, 1.54) is 23.1 Å². The zero-order valence-corrected chi connectivity index (χ0v) is 22.5. The molecule has 4 aromatic rings. The Balaban J connectivity index is 1.41. The predicted octanol–water partition coefficient (Wildman–Crippen LogP) is 5.90. The standard InChI is InChI=1S/C29H26N4O3S2/c1-19-7-6-8-21(15-19)16-25(32-27(35)22-9-4-3-5-10-22)28(36)31-23-11-13-24(14-12-23)37-18-26(34)33-29-30-20(2)17-38-29/h3-17H,18H2,1-2H3,(H,31,36)(H,32,35)(H,30,33,34)/b25-16-. The third kappa shape index (κ3) is 7.89. The molecule has 0 unspecified atom stereocenters. The van der Waals surface area contributed by atoms with E-state index in [4.69, 9.17) is 0 Å². The highest BCUT2D eigenvalue weighted by atomic mass is 32.2. The van der Waals surface area contributed by atoms with Gasteiger partial charge in [0.1, 0.15) is 5.70 Å². The Morgan fingerprint density at radius 3 is 2.37 bits per heavy atom. The minimum Gasteiger partial charge on any atom is -0.321 e. The molecule has 0 spiro atoms. The van der Waals surface area contributed by atoms with Crippen LogP contribution in [0.4, 0.5) is 10.8 Å². The van der Waals surface area contributed by atoms with Crippen LogP contribution in [0.5, 0.6) is 0 Å². The van der Waals surface area contributed by atoms with Crippen LogP contribution in [0.3, 0.4) is 0 Å². The summed E-state index contributed by atoms with van der Waals surface area (Å²) in [6.45, 7) is 3.84. The summed E-state index contributed by atoms with van der Waals surface area (Å²) >= 11 is 2.77. The molecular weight excluding hydrogens is 516 g/mol. The van der Waals surface area contributed by atoms with Crippen molar-refractivity contribution in [3.05, 3.63) is 112 Å². The smallest absolute Gasteiger partial charge is 0.272 e. The number of anilines is 2. The van der Waals surface area contributed by atoms with Gasteiger partial charge in [-0.05, 0) is 61.9 Å². The summed E-state index contributed by atoms with van der Waals surface area (Å²) in [5, 5.41) is 10.8. The number of nitrogens with one attached hydrogen (secondary N) is 3. The molecule has 0 aliphatic heterocycles. The van der Waals surface area contributed by atoms with Crippen LogP contribution in [-0.4, -0.2) is 28.5 Å². The fourth-order valence-corrected chi connectivity index (χ4v) is 4.82. The second kappa shape index (κ2) is 12.8. The number of amides is 3. The van der Waals surface area contributed by atoms with Crippen molar-refractivity contribution in [1.82, 2.24) is 10.3 Å². The predicted molar refractivity (Wildman–Crippen MR) is 154 cm³/mol. The third-order valence-electron chi connectivity index (χ3n) is 5.23. The molecule has 38 heavy (non-hydrogen) atoms. The molecule has 1 aromatic heterocycles. The first-order valence-corrected chi connectivity index (χ1v) is 13.6. The minimum absolute atomic E-state index is 0.122. The number of carbonyl (C=O) groups excluding carboxylic acids is 3. The molecule has 0 bridgehead atoms. The number of thiazole rings is 1. The van der Waals surface area contributed by atoms with E-state index >= 15 is 0 Å². The molecule has 0 atom stereocenters. The van der Waals surface area contributed by atoms with Gasteiger partial charge in [-0.3, -0.25) is 14.4 Å². The van der Waals surface area contributed by atoms with Crippen molar-refractivity contribution in [2.75, 3.05) is 16.4 Å². The van der Waals surface area contributed by atoms with Crippen LogP contribution in [0.15, 0.2) is 94.8 Å². The summed E-state index contributed by atoms with van der Waals surface area (Å²) in [5.41, 5.74) is 3.83. The van der Waals surface area contributed by atoms with Gasteiger partial charge in [0.05, 0.1) is 11.4 Å². The lowest BCUT2D eigenvalue weighted by Gasteiger charge is -2.12. The number of rotatable bonds is 9. The lowest BCUT2D eigenvalue weighted by molar-refractivity contribution is -0.114. The van der Waals surface area contributed by atoms with Crippen molar-refractivity contribution in [3.8, 4) is 0 Å². The maximum Gasteiger partial charge on any atom is 0.272 e. The lowest BCUT2D eigenvalue weighted by atomic mass is 10.1. The van der Waals surface area contributed by atoms with Gasteiger partial charge in [0.15, 0.2) is 5.13 Å². The maximum atomic E-state index is 13.2. The zero-order chi connectivity index (χ0) is 26.9. The van der Waals surface area contributed by atoms with Crippen molar-refractivity contribution in [2.24, 2.45) is 0 Å². The number of carbonyl (C=O) groups is 3. The van der Waals surface area contributed by atoms with E-state index in [0.29, 0.717) is 16.4 Å². The number of benzene rings is 3. The maximum absolute atomic E-state index is 13.2. The zero-order valence-electron chi connectivity index (χ0n) is 20.9. The molecule has 0 saturated carbocycles. The molecule has 1 heterocycles. The van der Waals surface area contributed by atoms with E-state index in [9.17, 15) is 14.4 Å². The van der Waals surface area contributed by atoms with Gasteiger partial charge in [-0.15, -0.1) is 23.1 Å². The summed E-state index contributed by atoms with van der Waals surface area (Å²) in [5.74, 6) is -0.729. The molecule has 3 N–H and O–H groups in total. The molecule has 192 valence electrons. The topological polar surface area (TPSA) is 100 Å². The number of aryl methyl sites for hydroxylation is 2. The molecule has 0 fully saturated rings. The summed E-state index contributed by atoms with van der Waals surface area (Å²) in [6, 6.07) is 23.5. The number of hydrogen-bond acceptors (Lipinski definition) is 6. The first kappa shape index (κ1) is 26.8. The first-order chi connectivity index (χ1) is 18.4. The van der Waals surface area contributed by atoms with Gasteiger partial charge in [0.25, 0.3) is 11.8 Å². The molecular formula is C29H26N4O3S2. The van der Waals surface area contributed by atoms with Crippen molar-refractivity contribution >= 4 is 57.7 Å². The van der Waals surface area contributed by atoms with E-state index in [0.717, 1.165) is 21.7 Å². The SMILES string of the molecule is Cc1cccc(/C=C(\NC(=O)c2ccccc2)C(=O)Nc2ccc(SCC(=O)Nc3nc(C)cs3)cc2)c1. The molecule has 9 heteroatoms. The highest BCUT2D eigenvalue weighted by Gasteiger charge is 2.15. The Labute approximate surface area is 229 Å². The quantitative estimate of drug-likeness (QED) is 0.181. The van der Waals surface area contributed by atoms with Crippen LogP contribution >= 0.6 is 23.1 Å². The number of aromatic nitrogens is 1. The van der Waals surface area contributed by atoms with E-state index in [2.05, 4.69) is 20.9 Å². The fourth-order valence-electron chi connectivity index (χ4n) is 3.42. The van der Waals surface area contributed by atoms with E-state index in [1.807, 2.05) is 61.7 Å². The molecule has 0 radical (unpaired) electrons. The molecule has 0 aliphatic rings. The van der Waals surface area contributed by atoms with Crippen LogP contribution in [0.2, 0.25) is 0 Å².